The number of aryl methyl sites for hydroxylation is 1. The lowest BCUT2D eigenvalue weighted by atomic mass is 10.1. The smallest absolute Gasteiger partial charge is 0.334 e. The van der Waals surface area contributed by atoms with Gasteiger partial charge in [0.25, 0.3) is 0 Å². The van der Waals surface area contributed by atoms with Crippen molar-refractivity contribution in [3.8, 4) is 5.75 Å². The van der Waals surface area contributed by atoms with Gasteiger partial charge in [-0.05, 0) is 19.5 Å². The first kappa shape index (κ1) is 15.1. The number of aromatic hydroxyl groups is 1. The average molecular weight is 276 g/mol. The first-order chi connectivity index (χ1) is 8.32. The predicted molar refractivity (Wildman–Crippen MR) is 65.3 cm³/mol. The number of likely N-dealkylation sites (N-methyl/N-ethyl adjacent to an activating group) is 1. The maximum absolute atomic E-state index is 11.4. The Bertz CT molecular complexity index is 474. The Balaban J connectivity index is 3.37. The molecule has 5 N–H and O–H groups in total. The summed E-state index contributed by atoms with van der Waals surface area (Å²) in [5.74, 6) is -0.232. The van der Waals surface area contributed by atoms with Gasteiger partial charge in [0.2, 0.25) is 0 Å². The standard InChI is InChI=1S/C10H17N2O5P/c1-6-10(14)8(5-13)7(3-12-6)9(4-11-2)18(15,16)17/h3,9,11,13-14H,4-5H2,1-2H3,(H2,15,16,17). The molecule has 0 amide bonds. The number of rotatable bonds is 5. The molecule has 0 aromatic carbocycles. The van der Waals surface area contributed by atoms with Gasteiger partial charge in [-0.1, -0.05) is 0 Å². The molecule has 0 spiro atoms. The molecule has 8 heteroatoms. The van der Waals surface area contributed by atoms with Gasteiger partial charge in [0, 0.05) is 18.3 Å². The lowest BCUT2D eigenvalue weighted by Crippen LogP contribution is -2.19. The molecule has 1 aromatic heterocycles. The summed E-state index contributed by atoms with van der Waals surface area (Å²) >= 11 is 0. The fourth-order valence-electron chi connectivity index (χ4n) is 1.72. The fourth-order valence-corrected chi connectivity index (χ4v) is 2.72. The summed E-state index contributed by atoms with van der Waals surface area (Å²) < 4.78 is 11.4. The zero-order chi connectivity index (χ0) is 13.9. The van der Waals surface area contributed by atoms with Crippen LogP contribution in [0.2, 0.25) is 0 Å². The van der Waals surface area contributed by atoms with Crippen molar-refractivity contribution in [3.05, 3.63) is 23.0 Å². The third-order valence-electron chi connectivity index (χ3n) is 2.69. The third kappa shape index (κ3) is 3.07. The number of aliphatic hydroxyl groups is 1. The number of aliphatic hydroxyl groups excluding tert-OH is 1. The van der Waals surface area contributed by atoms with Gasteiger partial charge in [-0.3, -0.25) is 9.55 Å². The second-order valence-electron chi connectivity index (χ2n) is 3.95. The van der Waals surface area contributed by atoms with Crippen LogP contribution >= 0.6 is 7.60 Å². The Labute approximate surface area is 105 Å². The Morgan fingerprint density at radius 3 is 2.56 bits per heavy atom. The molecule has 1 heterocycles. The maximum atomic E-state index is 11.4. The summed E-state index contributed by atoms with van der Waals surface area (Å²) in [7, 11) is -2.86. The molecule has 1 rings (SSSR count). The van der Waals surface area contributed by atoms with Gasteiger partial charge in [0.15, 0.2) is 0 Å². The summed E-state index contributed by atoms with van der Waals surface area (Å²) in [6.07, 6.45) is 1.28. The minimum atomic E-state index is -4.41. The monoisotopic (exact) mass is 276 g/mol. The van der Waals surface area contributed by atoms with Crippen LogP contribution in [-0.2, 0) is 11.2 Å². The Hall–Kier alpha value is -0.980. The van der Waals surface area contributed by atoms with Crippen molar-refractivity contribution in [3.63, 3.8) is 0 Å². The van der Waals surface area contributed by atoms with E-state index in [9.17, 15) is 24.6 Å². The van der Waals surface area contributed by atoms with E-state index in [4.69, 9.17) is 0 Å². The van der Waals surface area contributed by atoms with Crippen molar-refractivity contribution in [2.75, 3.05) is 13.6 Å². The summed E-state index contributed by atoms with van der Waals surface area (Å²) in [5.41, 5.74) is -0.588. The van der Waals surface area contributed by atoms with Crippen LogP contribution in [-0.4, -0.2) is 38.6 Å². The molecule has 7 nitrogen and oxygen atoms in total. The van der Waals surface area contributed by atoms with Crippen LogP contribution in [0.5, 0.6) is 5.75 Å². The number of aromatic nitrogens is 1. The van der Waals surface area contributed by atoms with E-state index < -0.39 is 19.9 Å². The van der Waals surface area contributed by atoms with Crippen LogP contribution in [0.4, 0.5) is 0 Å². The largest absolute Gasteiger partial charge is 0.506 e. The second kappa shape index (κ2) is 5.77. The van der Waals surface area contributed by atoms with Crippen LogP contribution in [0.1, 0.15) is 22.5 Å². The minimum absolute atomic E-state index is 0.0153. The molecule has 0 aliphatic heterocycles. The van der Waals surface area contributed by atoms with E-state index in [2.05, 4.69) is 10.3 Å². The number of hydrogen-bond donors (Lipinski definition) is 5. The second-order valence-corrected chi connectivity index (χ2v) is 5.75. The number of nitrogens with zero attached hydrogens (tertiary/aromatic N) is 1. The van der Waals surface area contributed by atoms with E-state index in [1.54, 1.807) is 14.0 Å². The highest BCUT2D eigenvalue weighted by Crippen LogP contribution is 2.52. The van der Waals surface area contributed by atoms with Gasteiger partial charge in [-0.25, -0.2) is 0 Å². The van der Waals surface area contributed by atoms with Crippen LogP contribution in [0.3, 0.4) is 0 Å². The van der Waals surface area contributed by atoms with Crippen molar-refractivity contribution >= 4 is 7.60 Å². The van der Waals surface area contributed by atoms with Gasteiger partial charge in [-0.15, -0.1) is 0 Å². The van der Waals surface area contributed by atoms with Crippen LogP contribution in [0, 0.1) is 6.92 Å². The molecule has 1 atom stereocenters. The molecule has 0 radical (unpaired) electrons. The highest BCUT2D eigenvalue weighted by atomic mass is 31.2. The molecular weight excluding hydrogens is 259 g/mol. The van der Waals surface area contributed by atoms with Gasteiger partial charge in [0.05, 0.1) is 12.3 Å². The fraction of sp³-hybridized carbons (Fsp3) is 0.500. The van der Waals surface area contributed by atoms with E-state index in [0.717, 1.165) is 0 Å². The van der Waals surface area contributed by atoms with Crippen molar-refractivity contribution in [2.45, 2.75) is 19.2 Å². The van der Waals surface area contributed by atoms with E-state index >= 15 is 0 Å². The van der Waals surface area contributed by atoms with E-state index in [1.807, 2.05) is 0 Å². The van der Waals surface area contributed by atoms with Crippen molar-refractivity contribution < 1.29 is 24.6 Å². The zero-order valence-corrected chi connectivity index (χ0v) is 11.1. The number of pyridine rings is 1. The van der Waals surface area contributed by atoms with Crippen LogP contribution in [0.15, 0.2) is 6.20 Å². The molecule has 0 bridgehead atoms. The molecule has 0 fully saturated rings. The van der Waals surface area contributed by atoms with Gasteiger partial charge >= 0.3 is 7.60 Å². The summed E-state index contributed by atoms with van der Waals surface area (Å²) in [6, 6.07) is 0. The van der Waals surface area contributed by atoms with Crippen molar-refractivity contribution in [1.82, 2.24) is 10.3 Å². The molecule has 18 heavy (non-hydrogen) atoms. The first-order valence-electron chi connectivity index (χ1n) is 5.31. The van der Waals surface area contributed by atoms with Crippen molar-refractivity contribution in [2.24, 2.45) is 0 Å². The maximum Gasteiger partial charge on any atom is 0.334 e. The molecule has 0 saturated carbocycles. The molecule has 1 aromatic rings. The molecule has 0 aliphatic carbocycles. The summed E-state index contributed by atoms with van der Waals surface area (Å²) in [5, 5.41) is 21.7. The van der Waals surface area contributed by atoms with Crippen LogP contribution < -0.4 is 5.32 Å². The normalized spacial score (nSPS) is 13.6. The lowest BCUT2D eigenvalue weighted by Gasteiger charge is -2.21. The molecule has 102 valence electrons. The molecule has 1 unspecified atom stereocenters. The molecular formula is C10H17N2O5P. The van der Waals surface area contributed by atoms with Gasteiger partial charge in [0.1, 0.15) is 11.4 Å². The predicted octanol–water partition coefficient (Wildman–Crippen LogP) is 0.0261. The summed E-state index contributed by atoms with van der Waals surface area (Å²) in [6.45, 7) is 1.05. The third-order valence-corrected chi connectivity index (χ3v) is 3.97. The minimum Gasteiger partial charge on any atom is -0.506 e. The Morgan fingerprint density at radius 1 is 1.50 bits per heavy atom. The molecule has 0 aliphatic rings. The van der Waals surface area contributed by atoms with E-state index in [-0.39, 0.29) is 23.4 Å². The van der Waals surface area contributed by atoms with Gasteiger partial charge < -0.3 is 25.3 Å². The van der Waals surface area contributed by atoms with Gasteiger partial charge in [-0.2, -0.15) is 0 Å². The lowest BCUT2D eigenvalue weighted by molar-refractivity contribution is 0.272. The Morgan fingerprint density at radius 2 is 2.11 bits per heavy atom. The number of hydrogen-bond acceptors (Lipinski definition) is 5. The SMILES string of the molecule is CNCC(c1cnc(C)c(O)c1CO)P(=O)(O)O. The Kier molecular flexibility index (Phi) is 4.84. The number of nitrogens with one attached hydrogen (secondary N) is 1. The highest BCUT2D eigenvalue weighted by molar-refractivity contribution is 7.52. The van der Waals surface area contributed by atoms with Crippen molar-refractivity contribution in [1.29, 1.82) is 0 Å². The van der Waals surface area contributed by atoms with Crippen LogP contribution in [0.25, 0.3) is 0 Å². The zero-order valence-electron chi connectivity index (χ0n) is 10.2. The topological polar surface area (TPSA) is 123 Å². The van der Waals surface area contributed by atoms with E-state index in [1.165, 1.54) is 6.20 Å². The molecule has 0 saturated heterocycles. The average Bonchev–Trinajstić information content (AvgIpc) is 2.28. The first-order valence-corrected chi connectivity index (χ1v) is 6.99. The van der Waals surface area contributed by atoms with E-state index in [0.29, 0.717) is 5.69 Å². The summed E-state index contributed by atoms with van der Waals surface area (Å²) in [4.78, 5) is 22.5. The quantitative estimate of drug-likeness (QED) is 0.480. The highest BCUT2D eigenvalue weighted by Gasteiger charge is 2.33.